The van der Waals surface area contributed by atoms with E-state index < -0.39 is 16.1 Å². The Morgan fingerprint density at radius 2 is 2.00 bits per heavy atom. The second-order valence-electron chi connectivity index (χ2n) is 4.68. The molecule has 0 saturated heterocycles. The molecular formula is C16H17NO4S2. The summed E-state index contributed by atoms with van der Waals surface area (Å²) in [5.74, 6) is 0.692. The Bertz CT molecular complexity index is 750. The van der Waals surface area contributed by atoms with E-state index in [0.29, 0.717) is 18.5 Å². The maximum Gasteiger partial charge on any atom is 0.250 e. The molecule has 1 atom stereocenters. The first-order valence-electron chi connectivity index (χ1n) is 6.87. The van der Waals surface area contributed by atoms with Gasteiger partial charge in [0.15, 0.2) is 0 Å². The summed E-state index contributed by atoms with van der Waals surface area (Å²) in [6.07, 6.45) is 4.03. The summed E-state index contributed by atoms with van der Waals surface area (Å²) < 4.78 is 32.9. The van der Waals surface area contributed by atoms with Gasteiger partial charge in [0.05, 0.1) is 13.2 Å². The fourth-order valence-corrected chi connectivity index (χ4v) is 4.27. The van der Waals surface area contributed by atoms with Crippen LogP contribution in [0.4, 0.5) is 0 Å². The number of rotatable bonds is 8. The molecule has 0 saturated carbocycles. The highest BCUT2D eigenvalue weighted by Crippen LogP contribution is 2.24. The van der Waals surface area contributed by atoms with Gasteiger partial charge >= 0.3 is 0 Å². The average Bonchev–Trinajstić information content (AvgIpc) is 3.09. The van der Waals surface area contributed by atoms with Crippen LogP contribution in [0.1, 0.15) is 18.0 Å². The summed E-state index contributed by atoms with van der Waals surface area (Å²) >= 11 is 1.16. The Labute approximate surface area is 139 Å². The number of aldehydes is 1. The molecule has 1 N–H and O–H groups in total. The van der Waals surface area contributed by atoms with Gasteiger partial charge in [0.25, 0.3) is 10.0 Å². The highest BCUT2D eigenvalue weighted by Gasteiger charge is 2.21. The van der Waals surface area contributed by atoms with E-state index in [0.717, 1.165) is 16.9 Å². The molecule has 1 aromatic carbocycles. The monoisotopic (exact) mass is 351 g/mol. The lowest BCUT2D eigenvalue weighted by Crippen LogP contribution is -2.27. The van der Waals surface area contributed by atoms with Gasteiger partial charge in [-0.15, -0.1) is 11.3 Å². The second-order valence-corrected chi connectivity index (χ2v) is 7.57. The topological polar surface area (TPSA) is 72.5 Å². The van der Waals surface area contributed by atoms with E-state index in [2.05, 4.69) is 4.72 Å². The van der Waals surface area contributed by atoms with Crippen molar-refractivity contribution in [1.82, 2.24) is 4.72 Å². The summed E-state index contributed by atoms with van der Waals surface area (Å²) in [5, 5.41) is 1.71. The number of ether oxygens (including phenoxy) is 1. The van der Waals surface area contributed by atoms with Crippen LogP contribution >= 0.6 is 11.3 Å². The van der Waals surface area contributed by atoms with Crippen LogP contribution in [0.25, 0.3) is 0 Å². The lowest BCUT2D eigenvalue weighted by Gasteiger charge is -2.17. The van der Waals surface area contributed by atoms with Gasteiger partial charge in [-0.05, 0) is 41.6 Å². The zero-order chi connectivity index (χ0) is 16.7. The van der Waals surface area contributed by atoms with Gasteiger partial charge in [0.1, 0.15) is 16.2 Å². The van der Waals surface area contributed by atoms with Crippen LogP contribution in [-0.2, 0) is 14.8 Å². The van der Waals surface area contributed by atoms with E-state index in [4.69, 9.17) is 4.74 Å². The van der Waals surface area contributed by atoms with E-state index >= 15 is 0 Å². The van der Waals surface area contributed by atoms with E-state index in [1.165, 1.54) is 6.08 Å². The van der Waals surface area contributed by atoms with Crippen LogP contribution < -0.4 is 9.46 Å². The van der Waals surface area contributed by atoms with Crippen molar-refractivity contribution in [3.63, 3.8) is 0 Å². The highest BCUT2D eigenvalue weighted by molar-refractivity contribution is 7.91. The Morgan fingerprint density at radius 1 is 1.26 bits per heavy atom. The van der Waals surface area contributed by atoms with Crippen molar-refractivity contribution in [3.8, 4) is 5.75 Å². The van der Waals surface area contributed by atoms with E-state index in [1.807, 2.05) is 0 Å². The van der Waals surface area contributed by atoms with Gasteiger partial charge in [-0.25, -0.2) is 13.1 Å². The summed E-state index contributed by atoms with van der Waals surface area (Å²) in [6.45, 7) is 0. The first kappa shape index (κ1) is 17.4. The van der Waals surface area contributed by atoms with Gasteiger partial charge in [0, 0.05) is 0 Å². The molecule has 0 unspecified atom stereocenters. The van der Waals surface area contributed by atoms with Crippen LogP contribution in [0.3, 0.4) is 0 Å². The van der Waals surface area contributed by atoms with Crippen molar-refractivity contribution in [2.24, 2.45) is 0 Å². The van der Waals surface area contributed by atoms with Gasteiger partial charge in [0.2, 0.25) is 0 Å². The summed E-state index contributed by atoms with van der Waals surface area (Å²) in [5.41, 5.74) is 0.793. The van der Waals surface area contributed by atoms with Crippen molar-refractivity contribution >= 4 is 27.6 Å². The van der Waals surface area contributed by atoms with Gasteiger partial charge in [-0.2, -0.15) is 0 Å². The zero-order valence-electron chi connectivity index (χ0n) is 12.5. The van der Waals surface area contributed by atoms with Crippen molar-refractivity contribution < 1.29 is 17.9 Å². The number of allylic oxidation sites excluding steroid dienone is 1. The van der Waals surface area contributed by atoms with E-state index in [-0.39, 0.29) is 4.21 Å². The molecule has 0 aliphatic heterocycles. The van der Waals surface area contributed by atoms with Crippen molar-refractivity contribution in [2.45, 2.75) is 16.7 Å². The molecule has 0 amide bonds. The number of methoxy groups -OCH3 is 1. The standard InChI is InChI=1S/C16H17NO4S2/c1-21-14-9-7-13(8-10-14)15(5-2-3-11-18)17-23(19,20)16-6-4-12-22-16/h2-4,6-12,15,17H,5H2,1H3/b3-2+/t15-/m1/s1. The Hall–Kier alpha value is -1.96. The molecule has 0 aliphatic carbocycles. The number of thiophene rings is 1. The molecule has 23 heavy (non-hydrogen) atoms. The third kappa shape index (κ3) is 4.75. The maximum absolute atomic E-state index is 12.4. The minimum Gasteiger partial charge on any atom is -0.497 e. The van der Waals surface area contributed by atoms with Crippen LogP contribution in [0, 0.1) is 0 Å². The predicted molar refractivity (Wildman–Crippen MR) is 90.2 cm³/mol. The third-order valence-electron chi connectivity index (χ3n) is 3.16. The summed E-state index contributed by atoms with van der Waals surface area (Å²) in [7, 11) is -2.03. The van der Waals surface area contributed by atoms with Crippen molar-refractivity contribution in [2.75, 3.05) is 7.11 Å². The normalized spacial score (nSPS) is 13.1. The van der Waals surface area contributed by atoms with Gasteiger partial charge < -0.3 is 4.74 Å². The number of carbonyl (C=O) groups excluding carboxylic acids is 1. The van der Waals surface area contributed by atoms with E-state index in [9.17, 15) is 13.2 Å². The van der Waals surface area contributed by atoms with Gasteiger partial charge in [-0.3, -0.25) is 4.79 Å². The number of carbonyl (C=O) groups is 1. The smallest absolute Gasteiger partial charge is 0.250 e. The van der Waals surface area contributed by atoms with Crippen LogP contribution in [0.5, 0.6) is 5.75 Å². The van der Waals surface area contributed by atoms with Crippen LogP contribution in [-0.4, -0.2) is 21.8 Å². The number of sulfonamides is 1. The first-order chi connectivity index (χ1) is 11.1. The van der Waals surface area contributed by atoms with Gasteiger partial charge in [-0.1, -0.05) is 24.3 Å². The Kier molecular flexibility index (Phi) is 6.09. The SMILES string of the molecule is COc1ccc([C@@H](C/C=C/C=O)NS(=O)(=O)c2cccs2)cc1. The average molecular weight is 351 g/mol. The number of hydrogen-bond donors (Lipinski definition) is 1. The lowest BCUT2D eigenvalue weighted by molar-refractivity contribution is -0.104. The van der Waals surface area contributed by atoms with Crippen LogP contribution in [0.2, 0.25) is 0 Å². The lowest BCUT2D eigenvalue weighted by atomic mass is 10.0. The minimum atomic E-state index is -3.60. The molecular weight excluding hydrogens is 334 g/mol. The Morgan fingerprint density at radius 3 is 2.57 bits per heavy atom. The number of nitrogens with one attached hydrogen (secondary N) is 1. The molecule has 0 fully saturated rings. The molecule has 0 spiro atoms. The van der Waals surface area contributed by atoms with E-state index in [1.54, 1.807) is 55.0 Å². The first-order valence-corrected chi connectivity index (χ1v) is 9.23. The number of benzene rings is 1. The molecule has 122 valence electrons. The summed E-state index contributed by atoms with van der Waals surface area (Å²) in [6, 6.07) is 9.91. The molecule has 0 aliphatic rings. The zero-order valence-corrected chi connectivity index (χ0v) is 14.1. The molecule has 7 heteroatoms. The quantitative estimate of drug-likeness (QED) is 0.586. The molecule has 0 bridgehead atoms. The molecule has 0 radical (unpaired) electrons. The third-order valence-corrected chi connectivity index (χ3v) is 6.03. The van der Waals surface area contributed by atoms with Crippen molar-refractivity contribution in [1.29, 1.82) is 0 Å². The van der Waals surface area contributed by atoms with Crippen molar-refractivity contribution in [3.05, 3.63) is 59.5 Å². The minimum absolute atomic E-state index is 0.260. The summed E-state index contributed by atoms with van der Waals surface area (Å²) in [4.78, 5) is 10.4. The maximum atomic E-state index is 12.4. The molecule has 2 rings (SSSR count). The fourth-order valence-electron chi connectivity index (χ4n) is 2.02. The number of hydrogen-bond acceptors (Lipinski definition) is 5. The van der Waals surface area contributed by atoms with Crippen LogP contribution in [0.15, 0.2) is 58.1 Å². The molecule has 2 aromatic rings. The highest BCUT2D eigenvalue weighted by atomic mass is 32.2. The Balaban J connectivity index is 2.26. The predicted octanol–water partition coefficient (Wildman–Crippen LogP) is 2.92. The molecule has 5 nitrogen and oxygen atoms in total. The molecule has 1 heterocycles. The largest absolute Gasteiger partial charge is 0.497 e. The second kappa shape index (κ2) is 8.05. The fraction of sp³-hybridized carbons (Fsp3) is 0.188. The molecule has 1 aromatic heterocycles.